The summed E-state index contributed by atoms with van der Waals surface area (Å²) in [7, 11) is -3.81. The third-order valence-electron chi connectivity index (χ3n) is 6.93. The summed E-state index contributed by atoms with van der Waals surface area (Å²) in [5, 5.41) is 5.08. The summed E-state index contributed by atoms with van der Waals surface area (Å²) in [6.45, 7) is 9.29. The van der Waals surface area contributed by atoms with E-state index >= 15 is 0 Å². The molecule has 2 saturated heterocycles. The number of halogens is 1. The lowest BCUT2D eigenvalue weighted by Crippen LogP contribution is -2.37. The van der Waals surface area contributed by atoms with Gasteiger partial charge < -0.3 is 38.6 Å². The van der Waals surface area contributed by atoms with Crippen LogP contribution in [-0.4, -0.2) is 82.8 Å². The molecule has 2 unspecified atom stereocenters. The first-order valence-corrected chi connectivity index (χ1v) is 17.4. The Labute approximate surface area is 259 Å². The Hall–Kier alpha value is -2.79. The van der Waals surface area contributed by atoms with E-state index in [-0.39, 0.29) is 13.1 Å². The number of urea groups is 1. The van der Waals surface area contributed by atoms with E-state index in [0.717, 1.165) is 5.56 Å². The van der Waals surface area contributed by atoms with Crippen molar-refractivity contribution in [2.24, 2.45) is 0 Å². The van der Waals surface area contributed by atoms with E-state index in [4.69, 9.17) is 23.0 Å². The second kappa shape index (κ2) is 17.1. The van der Waals surface area contributed by atoms with Crippen molar-refractivity contribution in [3.05, 3.63) is 53.8 Å². The van der Waals surface area contributed by atoms with Crippen molar-refractivity contribution in [2.75, 3.05) is 74.3 Å². The summed E-state index contributed by atoms with van der Waals surface area (Å²) >= 11 is 0. The summed E-state index contributed by atoms with van der Waals surface area (Å²) in [4.78, 5) is 28.3. The predicted molar refractivity (Wildman–Crippen MR) is 169 cm³/mol. The second-order valence-electron chi connectivity index (χ2n) is 9.98. The van der Waals surface area contributed by atoms with Gasteiger partial charge in [0.2, 0.25) is 8.03 Å². The minimum absolute atomic E-state index is 0.0757. The van der Waals surface area contributed by atoms with Crippen LogP contribution < -0.4 is 20.4 Å². The van der Waals surface area contributed by atoms with E-state index in [2.05, 4.69) is 10.6 Å². The summed E-state index contributed by atoms with van der Waals surface area (Å²) in [5.74, 6) is -0.423. The largest absolute Gasteiger partial charge is 0.442 e. The second-order valence-corrected chi connectivity index (χ2v) is 13.8. The highest BCUT2D eigenvalue weighted by molar-refractivity contribution is 7.63. The number of rotatable bonds is 15. The lowest BCUT2D eigenvalue weighted by atomic mass is 10.1. The molecule has 2 aromatic rings. The van der Waals surface area contributed by atoms with E-state index in [0.29, 0.717) is 69.6 Å². The van der Waals surface area contributed by atoms with Gasteiger partial charge in [-0.2, -0.15) is 0 Å². The minimum atomic E-state index is -2.41. The van der Waals surface area contributed by atoms with E-state index in [9.17, 15) is 18.5 Å². The summed E-state index contributed by atoms with van der Waals surface area (Å²) in [6.07, 6.45) is -0.762. The van der Waals surface area contributed by atoms with Crippen molar-refractivity contribution < 1.29 is 41.6 Å². The van der Waals surface area contributed by atoms with Gasteiger partial charge in [-0.3, -0.25) is 9.46 Å². The Morgan fingerprint density at radius 2 is 1.80 bits per heavy atom. The van der Waals surface area contributed by atoms with Crippen LogP contribution in [-0.2, 0) is 34.0 Å². The molecule has 0 radical (unpaired) electrons. The lowest BCUT2D eigenvalue weighted by molar-refractivity contribution is 0.122. The normalized spacial score (nSPS) is 18.3. The van der Waals surface area contributed by atoms with Gasteiger partial charge in [-0.05, 0) is 63.1 Å². The van der Waals surface area contributed by atoms with Gasteiger partial charge >= 0.3 is 12.1 Å². The fourth-order valence-corrected chi connectivity index (χ4v) is 8.39. The Balaban J connectivity index is 1.27. The molecular formula is C29H41FN4O8P2. The Bertz CT molecular complexity index is 1260. The average Bonchev–Trinajstić information content (AvgIpc) is 3.40. The number of carbonyl (C=O) groups excluding carboxylic acids is 2. The monoisotopic (exact) mass is 654 g/mol. The number of anilines is 3. The van der Waals surface area contributed by atoms with Gasteiger partial charge in [-0.1, -0.05) is 12.1 Å². The number of ether oxygens (including phenoxy) is 2. The maximum absolute atomic E-state index is 14.9. The van der Waals surface area contributed by atoms with Gasteiger partial charge in [0.1, 0.15) is 17.3 Å². The molecule has 12 nitrogen and oxygen atoms in total. The molecule has 2 fully saturated rings. The molecular weight excluding hydrogens is 613 g/mol. The summed E-state index contributed by atoms with van der Waals surface area (Å²) in [5.41, 5.74) is 2.31. The van der Waals surface area contributed by atoms with Crippen molar-refractivity contribution in [1.29, 1.82) is 0 Å². The predicted octanol–water partition coefficient (Wildman–Crippen LogP) is 5.57. The number of nitrogens with zero attached hydrogens (tertiary/aromatic N) is 2. The Kier molecular flexibility index (Phi) is 13.2. The average molecular weight is 655 g/mol. The first-order chi connectivity index (χ1) is 21.3. The number of benzene rings is 2. The molecule has 2 aliphatic heterocycles. The van der Waals surface area contributed by atoms with Gasteiger partial charge in [0.05, 0.1) is 57.5 Å². The third-order valence-corrected chi connectivity index (χ3v) is 11.2. The van der Waals surface area contributed by atoms with Crippen LogP contribution in [0, 0.1) is 5.82 Å². The van der Waals surface area contributed by atoms with Crippen LogP contribution in [0.2, 0.25) is 0 Å². The molecule has 2 aromatic carbocycles. The Morgan fingerprint density at radius 3 is 2.43 bits per heavy atom. The summed E-state index contributed by atoms with van der Waals surface area (Å²) in [6, 6.07) is 11.4. The molecule has 3 amide bonds. The quantitative estimate of drug-likeness (QED) is 0.237. The SMILES string of the molecule is CCOP(OCC)C(Cc1ccc(NC(=O)NC[C@H]2CN(c3ccc(N4CCOCC4)c(F)c3)C(=O)O2)cc1)[PH](=O)OCC. The highest BCUT2D eigenvalue weighted by atomic mass is 31.2. The van der Waals surface area contributed by atoms with Gasteiger partial charge in [0.15, 0.2) is 8.38 Å². The molecule has 0 aliphatic carbocycles. The maximum Gasteiger partial charge on any atom is 0.414 e. The van der Waals surface area contributed by atoms with Gasteiger partial charge in [0, 0.05) is 18.8 Å². The first kappa shape index (κ1) is 34.1. The standard InChI is InChI=1S/C29H41FN4O8P2/c1-4-39-43(37)27(44(40-5-2)41-6-3)17-21-7-9-22(10-8-21)32-28(35)31-19-24-20-34(29(36)42-24)23-11-12-26(25(30)18-23)33-13-15-38-16-14-33/h7-12,18,24,27,43H,4-6,13-17,19-20H2,1-3H3,(H2,31,32,35)/t24-,27?/m0/s1. The number of hydrogen-bond donors (Lipinski definition) is 2. The van der Waals surface area contributed by atoms with E-state index < -0.39 is 45.8 Å². The number of hydrogen-bond acceptors (Lipinski definition) is 9. The molecule has 0 saturated carbocycles. The molecule has 0 spiro atoms. The van der Waals surface area contributed by atoms with Crippen LogP contribution in [0.4, 0.5) is 31.0 Å². The smallest absolute Gasteiger partial charge is 0.414 e. The van der Waals surface area contributed by atoms with Gasteiger partial charge in [-0.15, -0.1) is 0 Å². The van der Waals surface area contributed by atoms with Crippen LogP contribution in [0.1, 0.15) is 26.3 Å². The topological polar surface area (TPSA) is 128 Å². The number of cyclic esters (lactones) is 1. The van der Waals surface area contributed by atoms with Crippen molar-refractivity contribution in [3.8, 4) is 0 Å². The number of amides is 3. The van der Waals surface area contributed by atoms with E-state index in [1.54, 1.807) is 31.2 Å². The van der Waals surface area contributed by atoms with E-state index in [1.807, 2.05) is 30.9 Å². The molecule has 15 heteroatoms. The summed E-state index contributed by atoms with van der Waals surface area (Å²) < 4.78 is 55.4. The zero-order valence-electron chi connectivity index (χ0n) is 25.3. The van der Waals surface area contributed by atoms with Gasteiger partial charge in [-0.25, -0.2) is 14.0 Å². The zero-order valence-corrected chi connectivity index (χ0v) is 27.1. The molecule has 2 heterocycles. The molecule has 242 valence electrons. The van der Waals surface area contributed by atoms with Crippen molar-refractivity contribution >= 4 is 45.6 Å². The zero-order chi connectivity index (χ0) is 31.5. The van der Waals surface area contributed by atoms with Gasteiger partial charge in [0.25, 0.3) is 0 Å². The number of nitrogens with one attached hydrogen (secondary N) is 2. The van der Waals surface area contributed by atoms with Crippen LogP contribution >= 0.6 is 16.4 Å². The van der Waals surface area contributed by atoms with Crippen molar-refractivity contribution in [2.45, 2.75) is 38.7 Å². The highest BCUT2D eigenvalue weighted by Gasteiger charge is 2.33. The lowest BCUT2D eigenvalue weighted by Gasteiger charge is -2.29. The maximum atomic E-state index is 14.9. The first-order valence-electron chi connectivity index (χ1n) is 14.8. The van der Waals surface area contributed by atoms with E-state index in [1.165, 1.54) is 11.0 Å². The van der Waals surface area contributed by atoms with Crippen LogP contribution in [0.25, 0.3) is 0 Å². The molecule has 4 rings (SSSR count). The molecule has 2 N–H and O–H groups in total. The minimum Gasteiger partial charge on any atom is -0.442 e. The molecule has 44 heavy (non-hydrogen) atoms. The molecule has 0 bridgehead atoms. The highest BCUT2D eigenvalue weighted by Crippen LogP contribution is 2.56. The van der Waals surface area contributed by atoms with Crippen LogP contribution in [0.3, 0.4) is 0 Å². The van der Waals surface area contributed by atoms with Crippen LogP contribution in [0.15, 0.2) is 42.5 Å². The Morgan fingerprint density at radius 1 is 1.09 bits per heavy atom. The number of carbonyl (C=O) groups is 2. The van der Waals surface area contributed by atoms with Crippen molar-refractivity contribution in [3.63, 3.8) is 0 Å². The fraction of sp³-hybridized carbons (Fsp3) is 0.517. The molecule has 2 aliphatic rings. The molecule has 0 aromatic heterocycles. The number of morpholine rings is 1. The third kappa shape index (κ3) is 9.36. The van der Waals surface area contributed by atoms with Crippen LogP contribution in [0.5, 0.6) is 0 Å². The van der Waals surface area contributed by atoms with Crippen molar-refractivity contribution in [1.82, 2.24) is 5.32 Å². The fourth-order valence-electron chi connectivity index (χ4n) is 4.85. The molecule has 3 atom stereocenters.